The number of carbonyl (C=O) groups is 1. The molecule has 4 rings (SSSR count). The Hall–Kier alpha value is -2.91. The van der Waals surface area contributed by atoms with Crippen molar-refractivity contribution in [2.45, 2.75) is 9.92 Å². The van der Waals surface area contributed by atoms with E-state index >= 15 is 0 Å². The molecular weight excluding hydrogens is 398 g/mol. The molecular formula is C19H15N3O4S2. The molecule has 142 valence electrons. The Balaban J connectivity index is 1.48. The third-order valence-electron chi connectivity index (χ3n) is 4.03. The van der Waals surface area contributed by atoms with Crippen molar-refractivity contribution in [1.82, 2.24) is 9.97 Å². The molecule has 2 heterocycles. The van der Waals surface area contributed by atoms with Crippen molar-refractivity contribution in [2.75, 3.05) is 17.3 Å². The average molecular weight is 413 g/mol. The quantitative estimate of drug-likeness (QED) is 0.394. The lowest BCUT2D eigenvalue weighted by Gasteiger charge is -2.06. The molecule has 0 unspecified atom stereocenters. The highest BCUT2D eigenvalue weighted by Gasteiger charge is 2.15. The number of para-hydroxylation sites is 1. The zero-order valence-electron chi connectivity index (χ0n) is 14.7. The fourth-order valence-corrected chi connectivity index (χ4v) is 4.08. The lowest BCUT2D eigenvalue weighted by Crippen LogP contribution is -2.14. The fraction of sp³-hybridized carbons (Fsp3) is 0.105. The number of carbonyl (C=O) groups excluding carboxylic acids is 1. The van der Waals surface area contributed by atoms with Gasteiger partial charge >= 0.3 is 0 Å². The van der Waals surface area contributed by atoms with E-state index in [1.165, 1.54) is 30.2 Å². The van der Waals surface area contributed by atoms with Crippen molar-refractivity contribution in [3.63, 3.8) is 0 Å². The molecule has 0 aliphatic carbocycles. The van der Waals surface area contributed by atoms with Crippen LogP contribution in [0, 0.1) is 0 Å². The molecule has 9 heteroatoms. The van der Waals surface area contributed by atoms with Gasteiger partial charge in [0.1, 0.15) is 22.5 Å². The predicted octanol–water partition coefficient (Wildman–Crippen LogP) is 3.51. The van der Waals surface area contributed by atoms with Crippen LogP contribution in [0.25, 0.3) is 22.1 Å². The summed E-state index contributed by atoms with van der Waals surface area (Å²) in [7, 11) is -3.27. The zero-order valence-corrected chi connectivity index (χ0v) is 16.4. The van der Waals surface area contributed by atoms with Crippen LogP contribution in [0.1, 0.15) is 0 Å². The van der Waals surface area contributed by atoms with Crippen LogP contribution >= 0.6 is 11.8 Å². The third-order valence-corrected chi connectivity index (χ3v) is 6.13. The standard InChI is InChI=1S/C19H15N3O4S2/c1-28(24,25)13-8-6-12(7-9-13)22-16(23)10-27-19-18-17(20-11-21-19)14-4-2-3-5-15(14)26-18/h2-9,11H,10H2,1H3,(H,22,23). The number of aromatic nitrogens is 2. The second-order valence-electron chi connectivity index (χ2n) is 6.09. The van der Waals surface area contributed by atoms with E-state index in [9.17, 15) is 13.2 Å². The summed E-state index contributed by atoms with van der Waals surface area (Å²) in [6.07, 6.45) is 2.59. The average Bonchev–Trinajstić information content (AvgIpc) is 3.05. The summed E-state index contributed by atoms with van der Waals surface area (Å²) < 4.78 is 28.8. The maximum atomic E-state index is 12.3. The first-order valence-corrected chi connectivity index (χ1v) is 11.1. The van der Waals surface area contributed by atoms with Gasteiger partial charge < -0.3 is 9.73 Å². The fourth-order valence-electron chi connectivity index (χ4n) is 2.72. The Morgan fingerprint density at radius 3 is 2.61 bits per heavy atom. The summed E-state index contributed by atoms with van der Waals surface area (Å²) in [6.45, 7) is 0. The smallest absolute Gasteiger partial charge is 0.234 e. The highest BCUT2D eigenvalue weighted by Crippen LogP contribution is 2.32. The Bertz CT molecular complexity index is 1280. The Morgan fingerprint density at radius 2 is 1.86 bits per heavy atom. The van der Waals surface area contributed by atoms with E-state index in [1.807, 2.05) is 24.3 Å². The van der Waals surface area contributed by atoms with Gasteiger partial charge in [-0.15, -0.1) is 0 Å². The number of furan rings is 1. The van der Waals surface area contributed by atoms with E-state index in [4.69, 9.17) is 4.42 Å². The molecule has 0 atom stereocenters. The van der Waals surface area contributed by atoms with Crippen LogP contribution in [-0.4, -0.2) is 36.3 Å². The minimum Gasteiger partial charge on any atom is -0.451 e. The summed E-state index contributed by atoms with van der Waals surface area (Å²) >= 11 is 1.25. The molecule has 0 saturated heterocycles. The minimum atomic E-state index is -3.27. The molecule has 0 bridgehead atoms. The van der Waals surface area contributed by atoms with Crippen LogP contribution in [0.15, 0.2) is 69.2 Å². The molecule has 28 heavy (non-hydrogen) atoms. The highest BCUT2D eigenvalue weighted by molar-refractivity contribution is 8.00. The molecule has 0 saturated carbocycles. The normalized spacial score (nSPS) is 11.8. The number of nitrogens with zero attached hydrogens (tertiary/aromatic N) is 2. The van der Waals surface area contributed by atoms with Gasteiger partial charge in [0.05, 0.1) is 10.6 Å². The number of nitrogens with one attached hydrogen (secondary N) is 1. The Kier molecular flexibility index (Phi) is 4.78. The number of hydrogen-bond acceptors (Lipinski definition) is 7. The SMILES string of the molecule is CS(=O)(=O)c1ccc(NC(=O)CSc2ncnc3c2oc2ccccc23)cc1. The highest BCUT2D eigenvalue weighted by atomic mass is 32.2. The molecule has 7 nitrogen and oxygen atoms in total. The van der Waals surface area contributed by atoms with Crippen LogP contribution in [0.5, 0.6) is 0 Å². The van der Waals surface area contributed by atoms with Crippen LogP contribution in [-0.2, 0) is 14.6 Å². The lowest BCUT2D eigenvalue weighted by atomic mass is 10.2. The Morgan fingerprint density at radius 1 is 1.11 bits per heavy atom. The first-order chi connectivity index (χ1) is 13.4. The molecule has 0 radical (unpaired) electrons. The maximum absolute atomic E-state index is 12.3. The molecule has 0 fully saturated rings. The van der Waals surface area contributed by atoms with E-state index < -0.39 is 9.84 Å². The van der Waals surface area contributed by atoms with Crippen molar-refractivity contribution in [3.05, 3.63) is 54.9 Å². The van der Waals surface area contributed by atoms with Gasteiger partial charge in [0.2, 0.25) is 5.91 Å². The van der Waals surface area contributed by atoms with Crippen molar-refractivity contribution in [2.24, 2.45) is 0 Å². The summed E-state index contributed by atoms with van der Waals surface area (Å²) in [5.41, 5.74) is 2.51. The number of rotatable bonds is 5. The van der Waals surface area contributed by atoms with Crippen LogP contribution < -0.4 is 5.32 Å². The van der Waals surface area contributed by atoms with Crippen LogP contribution in [0.3, 0.4) is 0 Å². The topological polar surface area (TPSA) is 102 Å². The zero-order chi connectivity index (χ0) is 19.7. The monoisotopic (exact) mass is 413 g/mol. The van der Waals surface area contributed by atoms with E-state index in [2.05, 4.69) is 15.3 Å². The van der Waals surface area contributed by atoms with Gasteiger partial charge in [0.15, 0.2) is 15.4 Å². The number of thioether (sulfide) groups is 1. The predicted molar refractivity (Wildman–Crippen MR) is 108 cm³/mol. The second-order valence-corrected chi connectivity index (χ2v) is 9.07. The van der Waals surface area contributed by atoms with Crippen LogP contribution in [0.4, 0.5) is 5.69 Å². The van der Waals surface area contributed by atoms with Gasteiger partial charge in [0, 0.05) is 17.3 Å². The second kappa shape index (κ2) is 7.25. The van der Waals surface area contributed by atoms with Gasteiger partial charge in [-0.25, -0.2) is 18.4 Å². The number of sulfone groups is 1. The molecule has 2 aromatic heterocycles. The van der Waals surface area contributed by atoms with E-state index in [0.29, 0.717) is 21.8 Å². The van der Waals surface area contributed by atoms with Gasteiger partial charge in [0.25, 0.3) is 0 Å². The molecule has 2 aromatic carbocycles. The van der Waals surface area contributed by atoms with Crippen molar-refractivity contribution in [1.29, 1.82) is 0 Å². The van der Waals surface area contributed by atoms with Gasteiger partial charge in [-0.3, -0.25) is 4.79 Å². The lowest BCUT2D eigenvalue weighted by molar-refractivity contribution is -0.113. The summed E-state index contributed by atoms with van der Waals surface area (Å²) in [5, 5.41) is 4.22. The van der Waals surface area contributed by atoms with Crippen molar-refractivity contribution >= 4 is 55.3 Å². The van der Waals surface area contributed by atoms with Gasteiger partial charge in [-0.2, -0.15) is 0 Å². The molecule has 1 N–H and O–H groups in total. The van der Waals surface area contributed by atoms with E-state index in [-0.39, 0.29) is 16.6 Å². The van der Waals surface area contributed by atoms with Crippen molar-refractivity contribution < 1.29 is 17.6 Å². The number of amides is 1. The van der Waals surface area contributed by atoms with Gasteiger partial charge in [-0.05, 0) is 36.4 Å². The van der Waals surface area contributed by atoms with Crippen molar-refractivity contribution in [3.8, 4) is 0 Å². The van der Waals surface area contributed by atoms with E-state index in [0.717, 1.165) is 17.2 Å². The third kappa shape index (κ3) is 3.71. The summed E-state index contributed by atoms with van der Waals surface area (Å²) in [5.74, 6) is -0.114. The number of hydrogen-bond donors (Lipinski definition) is 1. The molecule has 0 aliphatic rings. The van der Waals surface area contributed by atoms with Gasteiger partial charge in [-0.1, -0.05) is 23.9 Å². The molecule has 0 spiro atoms. The number of benzene rings is 2. The Labute approximate surface area is 165 Å². The number of fused-ring (bicyclic) bond motifs is 3. The minimum absolute atomic E-state index is 0.122. The first-order valence-electron chi connectivity index (χ1n) is 8.27. The number of anilines is 1. The van der Waals surface area contributed by atoms with Crippen LogP contribution in [0.2, 0.25) is 0 Å². The largest absolute Gasteiger partial charge is 0.451 e. The summed E-state index contributed by atoms with van der Waals surface area (Å²) in [4.78, 5) is 21.0. The maximum Gasteiger partial charge on any atom is 0.234 e. The molecule has 4 aromatic rings. The van der Waals surface area contributed by atoms with E-state index in [1.54, 1.807) is 12.1 Å². The molecule has 0 aliphatic heterocycles. The molecule has 1 amide bonds. The first kappa shape index (κ1) is 18.5. The summed E-state index contributed by atoms with van der Waals surface area (Å²) in [6, 6.07) is 13.6.